The molecule has 104 valence electrons. The molecule has 2 unspecified atom stereocenters. The number of benzene rings is 1. The van der Waals surface area contributed by atoms with Crippen LogP contribution in [-0.2, 0) is 11.2 Å². The Morgan fingerprint density at radius 2 is 2.16 bits per heavy atom. The first-order valence-corrected chi connectivity index (χ1v) is 6.51. The lowest BCUT2D eigenvalue weighted by molar-refractivity contribution is -0.120. The minimum absolute atomic E-state index is 0.0646. The Hall–Kier alpha value is -1.49. The van der Waals surface area contributed by atoms with Crippen molar-refractivity contribution in [2.24, 2.45) is 11.7 Å². The molecule has 1 fully saturated rings. The summed E-state index contributed by atoms with van der Waals surface area (Å²) in [7, 11) is 0. The molecule has 2 atom stereocenters. The number of nitrogens with one attached hydrogen (secondary N) is 1. The number of hydrogen-bond acceptors (Lipinski definition) is 2. The second-order valence-corrected chi connectivity index (χ2v) is 5.16. The van der Waals surface area contributed by atoms with Crippen molar-refractivity contribution in [1.82, 2.24) is 5.32 Å². The molecule has 1 saturated carbocycles. The summed E-state index contributed by atoms with van der Waals surface area (Å²) in [4.78, 5) is 11.7. The SMILES string of the molecule is NC1CCC(CNC(=O)Cc2ccc(F)cc2F)C1. The number of hydrogen-bond donors (Lipinski definition) is 2. The van der Waals surface area contributed by atoms with Crippen LogP contribution in [0.5, 0.6) is 0 Å². The predicted octanol–water partition coefficient (Wildman–Crippen LogP) is 1.75. The van der Waals surface area contributed by atoms with Crippen LogP contribution < -0.4 is 11.1 Å². The minimum atomic E-state index is -0.682. The Bertz CT molecular complexity index is 465. The molecule has 0 bridgehead atoms. The number of nitrogens with two attached hydrogens (primary N) is 1. The molecule has 3 N–H and O–H groups in total. The lowest BCUT2D eigenvalue weighted by Gasteiger charge is -2.11. The number of halogens is 2. The van der Waals surface area contributed by atoms with Crippen LogP contribution in [0, 0.1) is 17.6 Å². The van der Waals surface area contributed by atoms with Gasteiger partial charge >= 0.3 is 0 Å². The standard InChI is InChI=1S/C14H18F2N2O/c15-11-3-2-10(13(16)7-11)6-14(19)18-8-9-1-4-12(17)5-9/h2-3,7,9,12H,1,4-6,8,17H2,(H,18,19). The molecule has 1 aliphatic rings. The second kappa shape index (κ2) is 6.10. The van der Waals surface area contributed by atoms with E-state index in [1.807, 2.05) is 0 Å². The monoisotopic (exact) mass is 268 g/mol. The molecular weight excluding hydrogens is 250 g/mol. The summed E-state index contributed by atoms with van der Waals surface area (Å²) in [5, 5.41) is 2.78. The largest absolute Gasteiger partial charge is 0.356 e. The Balaban J connectivity index is 1.81. The third-order valence-corrected chi connectivity index (χ3v) is 3.54. The van der Waals surface area contributed by atoms with Gasteiger partial charge in [0.25, 0.3) is 0 Å². The average molecular weight is 268 g/mol. The summed E-state index contributed by atoms with van der Waals surface area (Å²) >= 11 is 0. The van der Waals surface area contributed by atoms with Gasteiger partial charge in [0.1, 0.15) is 11.6 Å². The van der Waals surface area contributed by atoms with Crippen molar-refractivity contribution in [3.8, 4) is 0 Å². The van der Waals surface area contributed by atoms with E-state index in [9.17, 15) is 13.6 Å². The molecule has 5 heteroatoms. The zero-order valence-corrected chi connectivity index (χ0v) is 10.7. The summed E-state index contributed by atoms with van der Waals surface area (Å²) in [6, 6.07) is 3.48. The van der Waals surface area contributed by atoms with E-state index < -0.39 is 11.6 Å². The maximum absolute atomic E-state index is 13.4. The fourth-order valence-electron chi connectivity index (χ4n) is 2.46. The van der Waals surface area contributed by atoms with Gasteiger partial charge in [-0.3, -0.25) is 4.79 Å². The van der Waals surface area contributed by atoms with Crippen molar-refractivity contribution >= 4 is 5.91 Å². The molecule has 0 aliphatic heterocycles. The molecule has 1 aromatic carbocycles. The van der Waals surface area contributed by atoms with Gasteiger partial charge in [0.05, 0.1) is 6.42 Å². The van der Waals surface area contributed by atoms with Gasteiger partial charge in [-0.15, -0.1) is 0 Å². The summed E-state index contributed by atoms with van der Waals surface area (Å²) in [5.41, 5.74) is 6.00. The number of carbonyl (C=O) groups excluding carboxylic acids is 1. The number of rotatable bonds is 4. The third-order valence-electron chi connectivity index (χ3n) is 3.54. The molecule has 0 heterocycles. The fourth-order valence-corrected chi connectivity index (χ4v) is 2.46. The molecule has 1 aromatic rings. The van der Waals surface area contributed by atoms with E-state index in [0.29, 0.717) is 12.5 Å². The van der Waals surface area contributed by atoms with E-state index in [-0.39, 0.29) is 23.9 Å². The van der Waals surface area contributed by atoms with Crippen LogP contribution in [0.15, 0.2) is 18.2 Å². The smallest absolute Gasteiger partial charge is 0.224 e. The third kappa shape index (κ3) is 3.99. The average Bonchev–Trinajstić information content (AvgIpc) is 2.76. The highest BCUT2D eigenvalue weighted by Gasteiger charge is 2.22. The topological polar surface area (TPSA) is 55.1 Å². The summed E-state index contributed by atoms with van der Waals surface area (Å²) in [5.74, 6) is -1.15. The first-order valence-electron chi connectivity index (χ1n) is 6.51. The quantitative estimate of drug-likeness (QED) is 0.874. The van der Waals surface area contributed by atoms with Gasteiger partial charge in [-0.25, -0.2) is 8.78 Å². The summed E-state index contributed by atoms with van der Waals surface area (Å²) in [6.07, 6.45) is 2.87. The maximum atomic E-state index is 13.4. The van der Waals surface area contributed by atoms with Crippen LogP contribution in [0.25, 0.3) is 0 Å². The van der Waals surface area contributed by atoms with Gasteiger partial charge in [0.15, 0.2) is 0 Å². The van der Waals surface area contributed by atoms with Crippen molar-refractivity contribution in [3.05, 3.63) is 35.4 Å². The van der Waals surface area contributed by atoms with E-state index in [1.54, 1.807) is 0 Å². The maximum Gasteiger partial charge on any atom is 0.224 e. The zero-order chi connectivity index (χ0) is 13.8. The summed E-state index contributed by atoms with van der Waals surface area (Å²) < 4.78 is 26.1. The first-order chi connectivity index (χ1) is 9.04. The van der Waals surface area contributed by atoms with Gasteiger partial charge in [-0.1, -0.05) is 6.07 Å². The van der Waals surface area contributed by atoms with Crippen LogP contribution in [0.3, 0.4) is 0 Å². The lowest BCUT2D eigenvalue weighted by Crippen LogP contribution is -2.30. The van der Waals surface area contributed by atoms with E-state index in [0.717, 1.165) is 31.4 Å². The van der Waals surface area contributed by atoms with Crippen LogP contribution >= 0.6 is 0 Å². The van der Waals surface area contributed by atoms with E-state index in [1.165, 1.54) is 6.07 Å². The van der Waals surface area contributed by atoms with Crippen LogP contribution in [-0.4, -0.2) is 18.5 Å². The molecule has 3 nitrogen and oxygen atoms in total. The fraction of sp³-hybridized carbons (Fsp3) is 0.500. The number of amides is 1. The van der Waals surface area contributed by atoms with Gasteiger partial charge in [-0.05, 0) is 36.8 Å². The van der Waals surface area contributed by atoms with Crippen LogP contribution in [0.1, 0.15) is 24.8 Å². The molecule has 0 saturated heterocycles. The molecule has 1 aliphatic carbocycles. The van der Waals surface area contributed by atoms with Crippen molar-refractivity contribution in [2.45, 2.75) is 31.7 Å². The highest BCUT2D eigenvalue weighted by Crippen LogP contribution is 2.23. The molecule has 1 amide bonds. The van der Waals surface area contributed by atoms with Gasteiger partial charge in [-0.2, -0.15) is 0 Å². The van der Waals surface area contributed by atoms with Crippen molar-refractivity contribution in [2.75, 3.05) is 6.54 Å². The summed E-state index contributed by atoms with van der Waals surface area (Å²) in [6.45, 7) is 0.579. The van der Waals surface area contributed by atoms with Crippen LogP contribution in [0.2, 0.25) is 0 Å². The Labute approximate surface area is 111 Å². The van der Waals surface area contributed by atoms with E-state index >= 15 is 0 Å². The van der Waals surface area contributed by atoms with Crippen molar-refractivity contribution in [1.29, 1.82) is 0 Å². The van der Waals surface area contributed by atoms with Crippen molar-refractivity contribution < 1.29 is 13.6 Å². The highest BCUT2D eigenvalue weighted by atomic mass is 19.1. The Morgan fingerprint density at radius 3 is 2.79 bits per heavy atom. The van der Waals surface area contributed by atoms with Gasteiger partial charge < -0.3 is 11.1 Å². The highest BCUT2D eigenvalue weighted by molar-refractivity contribution is 5.78. The Morgan fingerprint density at radius 1 is 1.37 bits per heavy atom. The van der Waals surface area contributed by atoms with Crippen LogP contribution in [0.4, 0.5) is 8.78 Å². The van der Waals surface area contributed by atoms with E-state index in [2.05, 4.69) is 5.32 Å². The number of carbonyl (C=O) groups is 1. The molecule has 2 rings (SSSR count). The zero-order valence-electron chi connectivity index (χ0n) is 10.7. The normalized spacial score (nSPS) is 22.5. The lowest BCUT2D eigenvalue weighted by atomic mass is 10.1. The first kappa shape index (κ1) is 13.9. The molecule has 0 radical (unpaired) electrons. The molecule has 0 aromatic heterocycles. The Kier molecular flexibility index (Phi) is 4.47. The minimum Gasteiger partial charge on any atom is -0.356 e. The molecule has 19 heavy (non-hydrogen) atoms. The second-order valence-electron chi connectivity index (χ2n) is 5.16. The molecular formula is C14H18F2N2O. The van der Waals surface area contributed by atoms with Crippen molar-refractivity contribution in [3.63, 3.8) is 0 Å². The van der Waals surface area contributed by atoms with Gasteiger partial charge in [0.2, 0.25) is 5.91 Å². The predicted molar refractivity (Wildman–Crippen MR) is 68.4 cm³/mol. The molecule has 0 spiro atoms. The van der Waals surface area contributed by atoms with E-state index in [4.69, 9.17) is 5.73 Å². The van der Waals surface area contributed by atoms with Gasteiger partial charge in [0, 0.05) is 18.7 Å².